The molecule has 1 aliphatic carbocycles. The van der Waals surface area contributed by atoms with Crippen LogP contribution in [0.5, 0.6) is 0 Å². The van der Waals surface area contributed by atoms with Crippen molar-refractivity contribution in [2.75, 3.05) is 13.6 Å². The smallest absolute Gasteiger partial charge is 0.410 e. The van der Waals surface area contributed by atoms with E-state index in [9.17, 15) is 9.59 Å². The quantitative estimate of drug-likeness (QED) is 0.721. The summed E-state index contributed by atoms with van der Waals surface area (Å²) in [5, 5.41) is 0. The Morgan fingerprint density at radius 3 is 2.37 bits per heavy atom. The topological polar surface area (TPSA) is 55.8 Å². The molecule has 0 saturated heterocycles. The van der Waals surface area contributed by atoms with Crippen molar-refractivity contribution in [1.82, 2.24) is 4.90 Å². The van der Waals surface area contributed by atoms with Crippen molar-refractivity contribution < 1.29 is 19.1 Å². The van der Waals surface area contributed by atoms with Gasteiger partial charge >= 0.3 is 6.09 Å². The van der Waals surface area contributed by atoms with E-state index in [1.54, 1.807) is 11.9 Å². The summed E-state index contributed by atoms with van der Waals surface area (Å²) in [7, 11) is 1.71. The lowest BCUT2D eigenvalue weighted by Crippen LogP contribution is -2.38. The van der Waals surface area contributed by atoms with Gasteiger partial charge in [0.15, 0.2) is 0 Å². The van der Waals surface area contributed by atoms with Crippen molar-refractivity contribution in [3.8, 4) is 0 Å². The Bertz CT molecular complexity index is 316. The molecule has 0 atom stereocenters. The lowest BCUT2D eigenvalue weighted by molar-refractivity contribution is -0.144. The van der Waals surface area contributed by atoms with Crippen molar-refractivity contribution in [1.29, 1.82) is 0 Å². The van der Waals surface area contributed by atoms with Crippen molar-refractivity contribution in [3.63, 3.8) is 0 Å². The third-order valence-corrected chi connectivity index (χ3v) is 3.42. The van der Waals surface area contributed by atoms with Crippen LogP contribution in [0.4, 0.5) is 4.79 Å². The fraction of sp³-hybridized carbons (Fsp3) is 0.857. The maximum Gasteiger partial charge on any atom is 0.410 e. The van der Waals surface area contributed by atoms with Crippen LogP contribution in [0.1, 0.15) is 52.9 Å². The summed E-state index contributed by atoms with van der Waals surface area (Å²) in [4.78, 5) is 24.0. The van der Waals surface area contributed by atoms with Gasteiger partial charge in [-0.3, -0.25) is 4.79 Å². The lowest BCUT2D eigenvalue weighted by atomic mass is 9.97. The van der Waals surface area contributed by atoms with E-state index in [2.05, 4.69) is 0 Å². The van der Waals surface area contributed by atoms with Gasteiger partial charge in [-0.15, -0.1) is 0 Å². The molecule has 0 aromatic rings. The molecule has 0 radical (unpaired) electrons. The van der Waals surface area contributed by atoms with Crippen LogP contribution in [0.25, 0.3) is 0 Å². The predicted octanol–water partition coefficient (Wildman–Crippen LogP) is 2.73. The molecule has 5 heteroatoms. The van der Waals surface area contributed by atoms with Crippen molar-refractivity contribution in [3.05, 3.63) is 0 Å². The Hall–Kier alpha value is -1.26. The van der Waals surface area contributed by atoms with Crippen molar-refractivity contribution in [2.24, 2.45) is 0 Å². The highest BCUT2D eigenvalue weighted by atomic mass is 16.6. The van der Waals surface area contributed by atoms with E-state index in [4.69, 9.17) is 9.47 Å². The van der Waals surface area contributed by atoms with Crippen LogP contribution >= 0.6 is 0 Å². The van der Waals surface area contributed by atoms with Gasteiger partial charge in [0.05, 0.1) is 0 Å². The van der Waals surface area contributed by atoms with Gasteiger partial charge in [-0.2, -0.15) is 0 Å². The average Bonchev–Trinajstić information content (AvgIpc) is 2.73. The minimum Gasteiger partial charge on any atom is -0.461 e. The molecule has 0 aliphatic heterocycles. The first kappa shape index (κ1) is 15.8. The van der Waals surface area contributed by atoms with Gasteiger partial charge in [0.25, 0.3) is 6.47 Å². The highest BCUT2D eigenvalue weighted by Crippen LogP contribution is 2.35. The zero-order valence-corrected chi connectivity index (χ0v) is 12.4. The molecule has 1 aliphatic rings. The Balaban J connectivity index is 2.46. The Kier molecular flexibility index (Phi) is 5.20. The molecule has 0 N–H and O–H groups in total. The minimum absolute atomic E-state index is 0.341. The second kappa shape index (κ2) is 6.26. The molecule has 1 amide bonds. The van der Waals surface area contributed by atoms with Crippen LogP contribution in [-0.4, -0.2) is 42.3 Å². The van der Waals surface area contributed by atoms with E-state index in [-0.39, 0.29) is 11.7 Å². The van der Waals surface area contributed by atoms with Crippen LogP contribution in [0, 0.1) is 0 Å². The monoisotopic (exact) mass is 271 g/mol. The summed E-state index contributed by atoms with van der Waals surface area (Å²) in [6, 6.07) is 0. The van der Waals surface area contributed by atoms with E-state index >= 15 is 0 Å². The molecule has 1 fully saturated rings. The first-order chi connectivity index (χ1) is 8.78. The molecule has 0 aromatic heterocycles. The van der Waals surface area contributed by atoms with Crippen LogP contribution in [0.3, 0.4) is 0 Å². The minimum atomic E-state index is -0.490. The number of hydrogen-bond acceptors (Lipinski definition) is 4. The fourth-order valence-corrected chi connectivity index (χ4v) is 2.35. The maximum atomic E-state index is 11.8. The first-order valence-electron chi connectivity index (χ1n) is 6.84. The normalized spacial score (nSPS) is 17.9. The number of carbonyl (C=O) groups excluding carboxylic acids is 2. The van der Waals surface area contributed by atoms with Gasteiger partial charge in [0.1, 0.15) is 11.2 Å². The number of amides is 1. The standard InChI is InChI=1S/C14H25NO4/c1-13(2,3)19-12(17)15(4)10-9-14(18-11-16)7-5-6-8-14/h11H,5-10H2,1-4H3. The average molecular weight is 271 g/mol. The number of rotatable bonds is 5. The second-order valence-corrected chi connectivity index (χ2v) is 6.26. The molecular weight excluding hydrogens is 246 g/mol. The number of nitrogens with zero attached hydrogens (tertiary/aromatic N) is 1. The Morgan fingerprint density at radius 2 is 1.89 bits per heavy atom. The van der Waals surface area contributed by atoms with Crippen LogP contribution in [0.2, 0.25) is 0 Å². The second-order valence-electron chi connectivity index (χ2n) is 6.26. The summed E-state index contributed by atoms with van der Waals surface area (Å²) in [6.07, 6.45) is 4.24. The summed E-state index contributed by atoms with van der Waals surface area (Å²) in [6.45, 7) is 6.58. The van der Waals surface area contributed by atoms with Crippen LogP contribution < -0.4 is 0 Å². The number of ether oxygens (including phenoxy) is 2. The SMILES string of the molecule is CN(CCC1(OC=O)CCCC1)C(=O)OC(C)(C)C. The molecule has 0 heterocycles. The third-order valence-electron chi connectivity index (χ3n) is 3.42. The van der Waals surface area contributed by atoms with Gasteiger partial charge < -0.3 is 14.4 Å². The van der Waals surface area contributed by atoms with E-state index in [0.717, 1.165) is 25.7 Å². The molecule has 0 bridgehead atoms. The fourth-order valence-electron chi connectivity index (χ4n) is 2.35. The van der Waals surface area contributed by atoms with Crippen LogP contribution in [-0.2, 0) is 14.3 Å². The Morgan fingerprint density at radius 1 is 1.32 bits per heavy atom. The zero-order valence-electron chi connectivity index (χ0n) is 12.4. The van der Waals surface area contributed by atoms with Crippen molar-refractivity contribution >= 4 is 12.6 Å². The summed E-state index contributed by atoms with van der Waals surface area (Å²) in [5.74, 6) is 0. The molecule has 19 heavy (non-hydrogen) atoms. The predicted molar refractivity (Wildman–Crippen MR) is 71.8 cm³/mol. The maximum absolute atomic E-state index is 11.8. The molecule has 0 aromatic carbocycles. The van der Waals surface area contributed by atoms with E-state index in [0.29, 0.717) is 19.4 Å². The molecule has 5 nitrogen and oxygen atoms in total. The molecule has 1 saturated carbocycles. The zero-order chi connectivity index (χ0) is 14.5. The highest BCUT2D eigenvalue weighted by molar-refractivity contribution is 5.67. The summed E-state index contributed by atoms with van der Waals surface area (Å²) >= 11 is 0. The van der Waals surface area contributed by atoms with Gasteiger partial charge in [-0.1, -0.05) is 0 Å². The molecular formula is C14H25NO4. The molecule has 0 unspecified atom stereocenters. The third kappa shape index (κ3) is 5.09. The van der Waals surface area contributed by atoms with E-state index < -0.39 is 5.60 Å². The van der Waals surface area contributed by atoms with Gasteiger partial charge in [0, 0.05) is 20.0 Å². The van der Waals surface area contributed by atoms with E-state index in [1.165, 1.54) is 0 Å². The highest BCUT2D eigenvalue weighted by Gasteiger charge is 2.36. The van der Waals surface area contributed by atoms with E-state index in [1.807, 2.05) is 20.8 Å². The Labute approximate surface area is 115 Å². The van der Waals surface area contributed by atoms with Gasteiger partial charge in [-0.05, 0) is 46.5 Å². The number of carbonyl (C=O) groups is 2. The molecule has 110 valence electrons. The van der Waals surface area contributed by atoms with Gasteiger partial charge in [0.2, 0.25) is 0 Å². The molecule has 0 spiro atoms. The summed E-state index contributed by atoms with van der Waals surface area (Å²) < 4.78 is 10.5. The lowest BCUT2D eigenvalue weighted by Gasteiger charge is -2.30. The van der Waals surface area contributed by atoms with Gasteiger partial charge in [-0.25, -0.2) is 4.79 Å². The number of hydrogen-bond donors (Lipinski definition) is 0. The van der Waals surface area contributed by atoms with Crippen LogP contribution in [0.15, 0.2) is 0 Å². The van der Waals surface area contributed by atoms with Crippen molar-refractivity contribution in [2.45, 2.75) is 64.1 Å². The largest absolute Gasteiger partial charge is 0.461 e. The molecule has 1 rings (SSSR count). The first-order valence-corrected chi connectivity index (χ1v) is 6.84. The summed E-state index contributed by atoms with van der Waals surface area (Å²) in [5.41, 5.74) is -0.867.